The molecular weight excluding hydrogens is 320 g/mol. The van der Waals surface area contributed by atoms with Gasteiger partial charge >= 0.3 is 0 Å². The number of guanidine groups is 1. The van der Waals surface area contributed by atoms with Gasteiger partial charge in [-0.1, -0.05) is 37.3 Å². The predicted octanol–water partition coefficient (Wildman–Crippen LogP) is 3.25. The number of benzene rings is 1. The third-order valence-electron chi connectivity index (χ3n) is 6.15. The van der Waals surface area contributed by atoms with Crippen LogP contribution in [0.3, 0.4) is 0 Å². The molecule has 1 aromatic carbocycles. The van der Waals surface area contributed by atoms with Gasteiger partial charge in [0.15, 0.2) is 5.96 Å². The number of piperidine rings is 1. The lowest BCUT2D eigenvalue weighted by Crippen LogP contribution is -2.41. The summed E-state index contributed by atoms with van der Waals surface area (Å²) in [5.41, 5.74) is 1.46. The van der Waals surface area contributed by atoms with Crippen LogP contribution in [0.4, 0.5) is 0 Å². The van der Waals surface area contributed by atoms with Crippen LogP contribution in [0.25, 0.3) is 0 Å². The van der Waals surface area contributed by atoms with E-state index in [2.05, 4.69) is 57.4 Å². The maximum absolute atomic E-state index is 4.54. The number of rotatable bonds is 6. The van der Waals surface area contributed by atoms with E-state index in [0.29, 0.717) is 0 Å². The predicted molar refractivity (Wildman–Crippen MR) is 111 cm³/mol. The molecule has 0 radical (unpaired) electrons. The summed E-state index contributed by atoms with van der Waals surface area (Å²) in [5.74, 6) is 2.73. The molecule has 2 aliphatic rings. The van der Waals surface area contributed by atoms with E-state index in [4.69, 9.17) is 0 Å². The van der Waals surface area contributed by atoms with E-state index >= 15 is 0 Å². The van der Waals surface area contributed by atoms with Crippen LogP contribution in [0.5, 0.6) is 0 Å². The fraction of sp³-hybridized carbons (Fsp3) is 0.682. The fourth-order valence-electron chi connectivity index (χ4n) is 4.45. The summed E-state index contributed by atoms with van der Waals surface area (Å²) in [5, 5.41) is 3.63. The van der Waals surface area contributed by atoms with E-state index in [9.17, 15) is 0 Å². The van der Waals surface area contributed by atoms with E-state index in [1.54, 1.807) is 0 Å². The molecule has 2 fully saturated rings. The molecule has 26 heavy (non-hydrogen) atoms. The average molecular weight is 357 g/mol. The highest BCUT2D eigenvalue weighted by Crippen LogP contribution is 2.22. The van der Waals surface area contributed by atoms with Crippen LogP contribution in [0.15, 0.2) is 35.3 Å². The number of nitrogens with zero attached hydrogens (tertiary/aromatic N) is 3. The van der Waals surface area contributed by atoms with Crippen molar-refractivity contribution >= 4 is 5.96 Å². The molecule has 1 atom stereocenters. The first kappa shape index (κ1) is 19.2. The molecule has 0 bridgehead atoms. The molecule has 1 unspecified atom stereocenters. The first-order chi connectivity index (χ1) is 12.8. The summed E-state index contributed by atoms with van der Waals surface area (Å²) in [4.78, 5) is 9.56. The maximum Gasteiger partial charge on any atom is 0.193 e. The SMILES string of the molecule is CCN1CCC(CCNC(=NC)N2CCC(Cc3ccccc3)C2)CC1. The summed E-state index contributed by atoms with van der Waals surface area (Å²) in [6.45, 7) is 9.36. The van der Waals surface area contributed by atoms with Crippen LogP contribution in [0.1, 0.15) is 38.2 Å². The molecule has 4 heteroatoms. The Hall–Kier alpha value is -1.55. The van der Waals surface area contributed by atoms with Crippen LogP contribution in [-0.4, -0.2) is 62.1 Å². The summed E-state index contributed by atoms with van der Waals surface area (Å²) < 4.78 is 0. The minimum Gasteiger partial charge on any atom is -0.356 e. The van der Waals surface area contributed by atoms with Gasteiger partial charge in [0, 0.05) is 26.7 Å². The minimum absolute atomic E-state index is 0.745. The van der Waals surface area contributed by atoms with Crippen molar-refractivity contribution in [2.24, 2.45) is 16.8 Å². The zero-order chi connectivity index (χ0) is 18.2. The molecule has 4 nitrogen and oxygen atoms in total. The Morgan fingerprint density at radius 2 is 1.81 bits per heavy atom. The number of nitrogens with one attached hydrogen (secondary N) is 1. The molecule has 2 aliphatic heterocycles. The second kappa shape index (κ2) is 9.96. The van der Waals surface area contributed by atoms with E-state index in [1.807, 2.05) is 7.05 Å². The molecule has 2 heterocycles. The van der Waals surface area contributed by atoms with Crippen molar-refractivity contribution in [2.45, 2.75) is 39.0 Å². The monoisotopic (exact) mass is 356 g/mol. The molecule has 3 rings (SSSR count). The topological polar surface area (TPSA) is 30.9 Å². The van der Waals surface area contributed by atoms with Crippen molar-refractivity contribution in [1.29, 1.82) is 0 Å². The van der Waals surface area contributed by atoms with Crippen molar-refractivity contribution in [3.63, 3.8) is 0 Å². The number of aliphatic imine (C=N–C) groups is 1. The van der Waals surface area contributed by atoms with Crippen LogP contribution < -0.4 is 5.32 Å². The molecule has 144 valence electrons. The van der Waals surface area contributed by atoms with Gasteiger partial charge in [-0.05, 0) is 69.1 Å². The zero-order valence-corrected chi connectivity index (χ0v) is 16.7. The van der Waals surface area contributed by atoms with Crippen molar-refractivity contribution in [3.8, 4) is 0 Å². The second-order valence-corrected chi connectivity index (χ2v) is 7.93. The number of hydrogen-bond acceptors (Lipinski definition) is 2. The van der Waals surface area contributed by atoms with Gasteiger partial charge < -0.3 is 15.1 Å². The third kappa shape index (κ3) is 5.47. The van der Waals surface area contributed by atoms with Crippen molar-refractivity contribution in [2.75, 3.05) is 46.3 Å². The second-order valence-electron chi connectivity index (χ2n) is 7.93. The number of hydrogen-bond donors (Lipinski definition) is 1. The fourth-order valence-corrected chi connectivity index (χ4v) is 4.45. The van der Waals surface area contributed by atoms with Crippen LogP contribution in [0, 0.1) is 11.8 Å². The molecule has 0 saturated carbocycles. The van der Waals surface area contributed by atoms with E-state index in [-0.39, 0.29) is 0 Å². The van der Waals surface area contributed by atoms with Gasteiger partial charge in [-0.25, -0.2) is 0 Å². The Kier molecular flexibility index (Phi) is 7.36. The molecule has 1 aromatic rings. The van der Waals surface area contributed by atoms with Crippen molar-refractivity contribution in [1.82, 2.24) is 15.1 Å². The highest BCUT2D eigenvalue weighted by Gasteiger charge is 2.25. The molecular formula is C22H36N4. The Labute approximate surface area is 159 Å². The van der Waals surface area contributed by atoms with Crippen LogP contribution in [-0.2, 0) is 6.42 Å². The largest absolute Gasteiger partial charge is 0.356 e. The lowest BCUT2D eigenvalue weighted by atomic mass is 9.93. The van der Waals surface area contributed by atoms with E-state index < -0.39 is 0 Å². The number of likely N-dealkylation sites (tertiary alicyclic amines) is 2. The van der Waals surface area contributed by atoms with Gasteiger partial charge in [0.25, 0.3) is 0 Å². The smallest absolute Gasteiger partial charge is 0.193 e. The van der Waals surface area contributed by atoms with E-state index in [0.717, 1.165) is 37.4 Å². The van der Waals surface area contributed by atoms with Crippen molar-refractivity contribution < 1.29 is 0 Å². The quantitative estimate of drug-likeness (QED) is 0.627. The van der Waals surface area contributed by atoms with Gasteiger partial charge in [0.1, 0.15) is 0 Å². The van der Waals surface area contributed by atoms with Gasteiger partial charge in [-0.2, -0.15) is 0 Å². The van der Waals surface area contributed by atoms with Gasteiger partial charge in [-0.15, -0.1) is 0 Å². The highest BCUT2D eigenvalue weighted by molar-refractivity contribution is 5.80. The van der Waals surface area contributed by atoms with E-state index in [1.165, 1.54) is 57.3 Å². The third-order valence-corrected chi connectivity index (χ3v) is 6.15. The molecule has 2 saturated heterocycles. The van der Waals surface area contributed by atoms with Crippen LogP contribution in [0.2, 0.25) is 0 Å². The summed E-state index contributed by atoms with van der Waals surface area (Å²) in [6.07, 6.45) is 6.45. The Morgan fingerprint density at radius 1 is 1.08 bits per heavy atom. The first-order valence-corrected chi connectivity index (χ1v) is 10.5. The highest BCUT2D eigenvalue weighted by atomic mass is 15.3. The molecule has 1 N–H and O–H groups in total. The summed E-state index contributed by atoms with van der Waals surface area (Å²) in [7, 11) is 1.92. The lowest BCUT2D eigenvalue weighted by molar-refractivity contribution is 0.187. The Balaban J connectivity index is 1.38. The molecule has 0 spiro atoms. The Morgan fingerprint density at radius 3 is 2.50 bits per heavy atom. The Bertz CT molecular complexity index is 549. The van der Waals surface area contributed by atoms with Crippen LogP contribution >= 0.6 is 0 Å². The summed E-state index contributed by atoms with van der Waals surface area (Å²) >= 11 is 0. The average Bonchev–Trinajstić information content (AvgIpc) is 3.15. The minimum atomic E-state index is 0.745. The maximum atomic E-state index is 4.54. The normalized spacial score (nSPS) is 22.8. The molecule has 0 aromatic heterocycles. The van der Waals surface area contributed by atoms with Crippen molar-refractivity contribution in [3.05, 3.63) is 35.9 Å². The zero-order valence-electron chi connectivity index (χ0n) is 16.7. The first-order valence-electron chi connectivity index (χ1n) is 10.5. The standard InChI is InChI=1S/C22H36N4/c1-3-25-14-10-19(11-15-25)9-13-24-22(23-2)26-16-12-21(18-26)17-20-7-5-4-6-8-20/h4-8,19,21H,3,9-18H2,1-2H3,(H,23,24). The van der Waals surface area contributed by atoms with Gasteiger partial charge in [0.2, 0.25) is 0 Å². The molecule has 0 amide bonds. The lowest BCUT2D eigenvalue weighted by Gasteiger charge is -2.31. The summed E-state index contributed by atoms with van der Waals surface area (Å²) in [6, 6.07) is 10.9. The van der Waals surface area contributed by atoms with Gasteiger partial charge in [-0.3, -0.25) is 4.99 Å². The van der Waals surface area contributed by atoms with Gasteiger partial charge in [0.05, 0.1) is 0 Å². The molecule has 0 aliphatic carbocycles.